The van der Waals surface area contributed by atoms with Crippen molar-refractivity contribution in [3.63, 3.8) is 0 Å². The molecule has 1 fully saturated rings. The summed E-state index contributed by atoms with van der Waals surface area (Å²) < 4.78 is 6.55. The molecular formula is C13H17BrN2OS. The fourth-order valence-corrected chi connectivity index (χ4v) is 2.74. The molecule has 0 saturated heterocycles. The minimum atomic E-state index is 0.0152. The highest BCUT2D eigenvalue weighted by Gasteiger charge is 2.36. The van der Waals surface area contributed by atoms with Gasteiger partial charge in [0.25, 0.3) is 0 Å². The van der Waals surface area contributed by atoms with Gasteiger partial charge < -0.3 is 15.8 Å². The second-order valence-electron chi connectivity index (χ2n) is 4.65. The Morgan fingerprint density at radius 1 is 1.56 bits per heavy atom. The normalized spacial score (nSPS) is 17.0. The lowest BCUT2D eigenvalue weighted by molar-refractivity contribution is -0.0601. The van der Waals surface area contributed by atoms with Crippen LogP contribution in [0, 0.1) is 0 Å². The number of nitrogens with one attached hydrogen (secondary N) is 1. The van der Waals surface area contributed by atoms with Gasteiger partial charge >= 0.3 is 0 Å². The highest BCUT2D eigenvalue weighted by molar-refractivity contribution is 9.10. The van der Waals surface area contributed by atoms with Gasteiger partial charge in [-0.05, 0) is 53.4 Å². The molecule has 2 rings (SSSR count). The molecule has 1 aromatic carbocycles. The van der Waals surface area contributed by atoms with E-state index in [4.69, 9.17) is 22.7 Å². The number of halogens is 1. The van der Waals surface area contributed by atoms with Gasteiger partial charge in [0.15, 0.2) is 0 Å². The van der Waals surface area contributed by atoms with E-state index in [2.05, 4.69) is 21.2 Å². The molecule has 3 nitrogen and oxygen atoms in total. The zero-order chi connectivity index (χ0) is 13.2. The smallest absolute Gasteiger partial charge is 0.104 e. The Labute approximate surface area is 121 Å². The topological polar surface area (TPSA) is 47.3 Å². The average molecular weight is 329 g/mol. The lowest BCUT2D eigenvalue weighted by Crippen LogP contribution is -2.45. The number of rotatable bonds is 5. The number of ether oxygens (including phenoxy) is 1. The third-order valence-electron chi connectivity index (χ3n) is 3.55. The Morgan fingerprint density at radius 3 is 2.72 bits per heavy atom. The second-order valence-corrected chi connectivity index (χ2v) is 5.95. The maximum Gasteiger partial charge on any atom is 0.104 e. The summed E-state index contributed by atoms with van der Waals surface area (Å²) in [5.74, 6) is 0. The maximum atomic E-state index is 5.60. The molecule has 5 heteroatoms. The van der Waals surface area contributed by atoms with Crippen LogP contribution in [0.15, 0.2) is 22.7 Å². The first-order valence-corrected chi connectivity index (χ1v) is 7.15. The number of benzene rings is 1. The summed E-state index contributed by atoms with van der Waals surface area (Å²) in [6.07, 6.45) is 3.50. The Hall–Kier alpha value is -0.650. The quantitative estimate of drug-likeness (QED) is 0.815. The third-order valence-corrected chi connectivity index (χ3v) is 4.44. The summed E-state index contributed by atoms with van der Waals surface area (Å²) >= 11 is 8.48. The number of methoxy groups -OCH3 is 1. The minimum Gasteiger partial charge on any atom is -0.389 e. The molecule has 0 heterocycles. The van der Waals surface area contributed by atoms with Gasteiger partial charge in [0.05, 0.1) is 5.60 Å². The third kappa shape index (κ3) is 2.84. The van der Waals surface area contributed by atoms with Crippen molar-refractivity contribution in [3.8, 4) is 0 Å². The van der Waals surface area contributed by atoms with E-state index < -0.39 is 0 Å². The van der Waals surface area contributed by atoms with Crippen molar-refractivity contribution in [2.24, 2.45) is 5.73 Å². The van der Waals surface area contributed by atoms with E-state index in [0.717, 1.165) is 35.1 Å². The lowest BCUT2D eigenvalue weighted by atomic mass is 9.80. The van der Waals surface area contributed by atoms with Gasteiger partial charge in [0, 0.05) is 29.4 Å². The number of thiocarbonyl (C=S) groups is 1. The summed E-state index contributed by atoms with van der Waals surface area (Å²) in [5.41, 5.74) is 7.52. The molecule has 0 bridgehead atoms. The van der Waals surface area contributed by atoms with Gasteiger partial charge in [-0.15, -0.1) is 0 Å². The molecular weight excluding hydrogens is 312 g/mol. The average Bonchev–Trinajstić information content (AvgIpc) is 2.29. The van der Waals surface area contributed by atoms with E-state index in [9.17, 15) is 0 Å². The molecule has 0 aromatic heterocycles. The molecule has 18 heavy (non-hydrogen) atoms. The minimum absolute atomic E-state index is 0.0152. The van der Waals surface area contributed by atoms with Crippen LogP contribution in [0.3, 0.4) is 0 Å². The van der Waals surface area contributed by atoms with Gasteiger partial charge in [0.1, 0.15) is 4.99 Å². The van der Waals surface area contributed by atoms with Crippen LogP contribution in [-0.4, -0.2) is 24.2 Å². The van der Waals surface area contributed by atoms with Gasteiger partial charge in [-0.25, -0.2) is 0 Å². The number of hydrogen-bond donors (Lipinski definition) is 2. The Bertz CT molecular complexity index is 455. The first-order valence-electron chi connectivity index (χ1n) is 5.95. The van der Waals surface area contributed by atoms with Crippen molar-refractivity contribution < 1.29 is 4.74 Å². The van der Waals surface area contributed by atoms with Crippen LogP contribution in [0.2, 0.25) is 0 Å². The highest BCUT2D eigenvalue weighted by Crippen LogP contribution is 2.35. The van der Waals surface area contributed by atoms with Crippen molar-refractivity contribution >= 4 is 38.8 Å². The van der Waals surface area contributed by atoms with E-state index in [1.807, 2.05) is 18.2 Å². The van der Waals surface area contributed by atoms with E-state index in [0.29, 0.717) is 4.99 Å². The van der Waals surface area contributed by atoms with Gasteiger partial charge in [-0.2, -0.15) is 0 Å². The predicted molar refractivity (Wildman–Crippen MR) is 82.1 cm³/mol. The molecule has 1 aliphatic carbocycles. The van der Waals surface area contributed by atoms with Crippen LogP contribution >= 0.6 is 28.1 Å². The molecule has 1 aliphatic rings. The number of nitrogens with two attached hydrogens (primary N) is 1. The van der Waals surface area contributed by atoms with Crippen LogP contribution in [0.1, 0.15) is 24.8 Å². The van der Waals surface area contributed by atoms with E-state index in [1.54, 1.807) is 7.11 Å². The number of hydrogen-bond acceptors (Lipinski definition) is 3. The van der Waals surface area contributed by atoms with Crippen molar-refractivity contribution in [1.29, 1.82) is 0 Å². The Balaban J connectivity index is 2.03. The molecule has 0 radical (unpaired) electrons. The first kappa shape index (κ1) is 13.8. The summed E-state index contributed by atoms with van der Waals surface area (Å²) in [6.45, 7) is 0.828. The number of anilines is 1. The Morgan fingerprint density at radius 2 is 2.28 bits per heavy atom. The molecule has 0 amide bonds. The molecule has 3 N–H and O–H groups in total. The molecule has 1 aromatic rings. The van der Waals surface area contributed by atoms with Crippen LogP contribution in [0.4, 0.5) is 5.69 Å². The van der Waals surface area contributed by atoms with Gasteiger partial charge in [0.2, 0.25) is 0 Å². The van der Waals surface area contributed by atoms with Crippen LogP contribution < -0.4 is 11.1 Å². The summed E-state index contributed by atoms with van der Waals surface area (Å²) in [4.78, 5) is 0.412. The monoisotopic (exact) mass is 328 g/mol. The van der Waals surface area contributed by atoms with Crippen molar-refractivity contribution in [2.75, 3.05) is 19.0 Å². The largest absolute Gasteiger partial charge is 0.389 e. The van der Waals surface area contributed by atoms with E-state index in [1.165, 1.54) is 6.42 Å². The predicted octanol–water partition coefficient (Wildman–Crippen LogP) is 3.06. The standard InChI is InChI=1S/C13H17BrN2OS/c1-17-13(5-2-6-13)8-16-11-4-3-9(12(15)18)7-10(11)14/h3-4,7,16H,2,5-6,8H2,1H3,(H2,15,18). The van der Waals surface area contributed by atoms with Crippen LogP contribution in [0.5, 0.6) is 0 Å². The van der Waals surface area contributed by atoms with Crippen LogP contribution in [0.25, 0.3) is 0 Å². The lowest BCUT2D eigenvalue weighted by Gasteiger charge is -2.40. The summed E-state index contributed by atoms with van der Waals surface area (Å²) in [5, 5.41) is 3.42. The maximum absolute atomic E-state index is 5.60. The fourth-order valence-electron chi connectivity index (χ4n) is 2.09. The van der Waals surface area contributed by atoms with Gasteiger partial charge in [-0.1, -0.05) is 12.2 Å². The molecule has 0 aliphatic heterocycles. The molecule has 0 spiro atoms. The molecule has 98 valence electrons. The van der Waals surface area contributed by atoms with Gasteiger partial charge in [-0.3, -0.25) is 0 Å². The summed E-state index contributed by atoms with van der Waals surface area (Å²) in [7, 11) is 1.78. The second kappa shape index (κ2) is 5.55. The highest BCUT2D eigenvalue weighted by atomic mass is 79.9. The Kier molecular flexibility index (Phi) is 4.25. The molecule has 0 unspecified atom stereocenters. The fraction of sp³-hybridized carbons (Fsp3) is 0.462. The van der Waals surface area contributed by atoms with E-state index in [-0.39, 0.29) is 5.60 Å². The molecule has 0 atom stereocenters. The van der Waals surface area contributed by atoms with Crippen molar-refractivity contribution in [1.82, 2.24) is 0 Å². The van der Waals surface area contributed by atoms with Crippen LogP contribution in [-0.2, 0) is 4.74 Å². The van der Waals surface area contributed by atoms with E-state index >= 15 is 0 Å². The summed E-state index contributed by atoms with van der Waals surface area (Å²) in [6, 6.07) is 5.85. The zero-order valence-electron chi connectivity index (χ0n) is 10.3. The van der Waals surface area contributed by atoms with Crippen molar-refractivity contribution in [3.05, 3.63) is 28.2 Å². The first-order chi connectivity index (χ1) is 8.56. The molecule has 1 saturated carbocycles. The SMILES string of the molecule is COC1(CNc2ccc(C(N)=S)cc2Br)CCC1. The zero-order valence-corrected chi connectivity index (χ0v) is 12.7. The van der Waals surface area contributed by atoms with Crippen molar-refractivity contribution in [2.45, 2.75) is 24.9 Å².